The first-order chi connectivity index (χ1) is 8.16. The monoisotopic (exact) mass is 232 g/mol. The smallest absolute Gasteiger partial charge is 0.178 e. The molecule has 3 N–H and O–H groups in total. The number of fused-ring (bicyclic) bond motifs is 2. The van der Waals surface area contributed by atoms with Crippen molar-refractivity contribution in [2.24, 2.45) is 0 Å². The fourth-order valence-corrected chi connectivity index (χ4v) is 1.33. The Morgan fingerprint density at radius 1 is 0.941 bits per heavy atom. The molecule has 17 heavy (non-hydrogen) atoms. The predicted octanol–water partition coefficient (Wildman–Crippen LogP) is 2.17. The highest BCUT2D eigenvalue weighted by Gasteiger charge is 2.13. The zero-order chi connectivity index (χ0) is 12.3. The lowest BCUT2D eigenvalue weighted by Crippen LogP contribution is -1.93. The van der Waals surface area contributed by atoms with Crippen LogP contribution in [0, 0.1) is 0 Å². The van der Waals surface area contributed by atoms with Gasteiger partial charge in [0.2, 0.25) is 0 Å². The van der Waals surface area contributed by atoms with Crippen molar-refractivity contribution < 1.29 is 20.1 Å². The van der Waals surface area contributed by atoms with Crippen molar-refractivity contribution in [3.63, 3.8) is 0 Å². The van der Waals surface area contributed by atoms with Gasteiger partial charge in [-0.15, -0.1) is 0 Å². The molecule has 4 heteroatoms. The summed E-state index contributed by atoms with van der Waals surface area (Å²) in [5.41, 5.74) is 0.525. The molecule has 0 spiro atoms. The molecule has 2 aromatic carbocycles. The van der Waals surface area contributed by atoms with E-state index in [0.717, 1.165) is 5.75 Å². The minimum atomic E-state index is -1.34. The van der Waals surface area contributed by atoms with Gasteiger partial charge < -0.3 is 20.1 Å². The standard InChI is InChI=1S/C7H8O2.C6H4O2/c8-7(9)6-4-2-1-3-5-6;7-5-2-1-4-3-6(5)8-4/h1-5,7-9H;1-3,7H. The number of phenols is 1. The summed E-state index contributed by atoms with van der Waals surface area (Å²) in [5.74, 6) is 1.64. The molecule has 2 aliphatic rings. The molecule has 2 aromatic rings. The van der Waals surface area contributed by atoms with E-state index in [4.69, 9.17) is 20.1 Å². The molecular formula is C13H12O4. The number of phenolic OH excluding ortho intramolecular Hbond substituents is 1. The van der Waals surface area contributed by atoms with Crippen LogP contribution in [0.3, 0.4) is 0 Å². The SMILES string of the molecule is OC(O)c1ccccc1.Oc1ccc2cc1O2. The summed E-state index contributed by atoms with van der Waals surface area (Å²) in [6.45, 7) is 0. The van der Waals surface area contributed by atoms with E-state index < -0.39 is 6.29 Å². The van der Waals surface area contributed by atoms with E-state index in [-0.39, 0.29) is 5.75 Å². The highest BCUT2D eigenvalue weighted by Crippen LogP contribution is 2.41. The van der Waals surface area contributed by atoms with Crippen molar-refractivity contribution in [2.45, 2.75) is 6.29 Å². The van der Waals surface area contributed by atoms with Crippen LogP contribution in [0.15, 0.2) is 48.5 Å². The first-order valence-corrected chi connectivity index (χ1v) is 5.09. The zero-order valence-electron chi connectivity index (χ0n) is 8.95. The first-order valence-electron chi connectivity index (χ1n) is 5.09. The summed E-state index contributed by atoms with van der Waals surface area (Å²) in [7, 11) is 0. The van der Waals surface area contributed by atoms with Crippen molar-refractivity contribution in [3.8, 4) is 17.2 Å². The number of benzene rings is 2. The summed E-state index contributed by atoms with van der Waals surface area (Å²) in [6, 6.07) is 13.8. The van der Waals surface area contributed by atoms with Crippen LogP contribution in [0.2, 0.25) is 0 Å². The van der Waals surface area contributed by atoms with E-state index in [1.54, 1.807) is 42.5 Å². The van der Waals surface area contributed by atoms with Crippen molar-refractivity contribution in [1.29, 1.82) is 0 Å². The molecule has 2 bridgehead atoms. The van der Waals surface area contributed by atoms with Gasteiger partial charge in [0.15, 0.2) is 17.8 Å². The topological polar surface area (TPSA) is 69.9 Å². The van der Waals surface area contributed by atoms with E-state index in [1.807, 2.05) is 6.07 Å². The van der Waals surface area contributed by atoms with Gasteiger partial charge in [-0.25, -0.2) is 0 Å². The molecule has 0 fully saturated rings. The van der Waals surface area contributed by atoms with Crippen molar-refractivity contribution in [1.82, 2.24) is 0 Å². The van der Waals surface area contributed by atoms with Gasteiger partial charge in [0.25, 0.3) is 0 Å². The molecule has 0 radical (unpaired) electrons. The number of hydrogen-bond acceptors (Lipinski definition) is 4. The number of ether oxygens (including phenoxy) is 1. The van der Waals surface area contributed by atoms with Crippen LogP contribution in [0.1, 0.15) is 11.9 Å². The number of rotatable bonds is 1. The highest BCUT2D eigenvalue weighted by molar-refractivity contribution is 5.53. The van der Waals surface area contributed by atoms with Gasteiger partial charge in [-0.2, -0.15) is 0 Å². The molecule has 0 saturated carbocycles. The minimum Gasteiger partial charge on any atom is -0.504 e. The van der Waals surface area contributed by atoms with E-state index in [1.165, 1.54) is 0 Å². The predicted molar refractivity (Wildman–Crippen MR) is 61.8 cm³/mol. The van der Waals surface area contributed by atoms with E-state index in [9.17, 15) is 0 Å². The van der Waals surface area contributed by atoms with Gasteiger partial charge in [-0.3, -0.25) is 0 Å². The highest BCUT2D eigenvalue weighted by atomic mass is 16.5. The van der Waals surface area contributed by atoms with Crippen LogP contribution in [0.25, 0.3) is 0 Å². The Labute approximate surface area is 98.3 Å². The van der Waals surface area contributed by atoms with E-state index >= 15 is 0 Å². The number of hydrogen-bond donors (Lipinski definition) is 3. The maximum Gasteiger partial charge on any atom is 0.178 e. The molecule has 0 amide bonds. The first kappa shape index (κ1) is 11.4. The lowest BCUT2D eigenvalue weighted by molar-refractivity contribution is -0.0424. The Kier molecular flexibility index (Phi) is 3.27. The fraction of sp³-hybridized carbons (Fsp3) is 0.0769. The third kappa shape index (κ3) is 2.75. The van der Waals surface area contributed by atoms with Gasteiger partial charge in [0.05, 0.1) is 0 Å². The van der Waals surface area contributed by atoms with Crippen molar-refractivity contribution >= 4 is 0 Å². The van der Waals surface area contributed by atoms with Crippen LogP contribution in [0.5, 0.6) is 17.2 Å². The van der Waals surface area contributed by atoms with E-state index in [2.05, 4.69) is 0 Å². The normalized spacial score (nSPS) is 11.0. The van der Waals surface area contributed by atoms with Gasteiger partial charge in [-0.1, -0.05) is 30.3 Å². The molecule has 2 heterocycles. The molecule has 0 aromatic heterocycles. The summed E-state index contributed by atoms with van der Waals surface area (Å²) in [5, 5.41) is 26.0. The summed E-state index contributed by atoms with van der Waals surface area (Å²) < 4.78 is 4.89. The second-order valence-corrected chi connectivity index (χ2v) is 3.52. The van der Waals surface area contributed by atoms with E-state index in [0.29, 0.717) is 11.3 Å². The van der Waals surface area contributed by atoms with Crippen LogP contribution in [-0.2, 0) is 0 Å². The number of aliphatic hydroxyl groups is 2. The van der Waals surface area contributed by atoms with Crippen LogP contribution >= 0.6 is 0 Å². The zero-order valence-corrected chi connectivity index (χ0v) is 8.95. The quantitative estimate of drug-likeness (QED) is 0.562. The van der Waals surface area contributed by atoms with Crippen LogP contribution in [0.4, 0.5) is 0 Å². The van der Waals surface area contributed by atoms with Gasteiger partial charge in [-0.05, 0) is 12.1 Å². The summed E-state index contributed by atoms with van der Waals surface area (Å²) in [6.07, 6.45) is -1.34. The lowest BCUT2D eigenvalue weighted by Gasteiger charge is -2.15. The molecule has 0 unspecified atom stereocenters. The molecule has 88 valence electrons. The molecule has 2 aliphatic heterocycles. The molecular weight excluding hydrogens is 220 g/mol. The Balaban J connectivity index is 0.000000127. The molecule has 0 aliphatic carbocycles. The maximum absolute atomic E-state index is 8.84. The third-order valence-electron chi connectivity index (χ3n) is 2.26. The minimum absolute atomic E-state index is 0.222. The van der Waals surface area contributed by atoms with Crippen molar-refractivity contribution in [3.05, 3.63) is 54.1 Å². The van der Waals surface area contributed by atoms with Crippen molar-refractivity contribution in [2.75, 3.05) is 0 Å². The Morgan fingerprint density at radius 3 is 1.88 bits per heavy atom. The molecule has 4 nitrogen and oxygen atoms in total. The Hall–Kier alpha value is -2.04. The van der Waals surface area contributed by atoms with Crippen LogP contribution in [-0.4, -0.2) is 15.3 Å². The molecule has 0 saturated heterocycles. The van der Waals surface area contributed by atoms with Gasteiger partial charge >= 0.3 is 0 Å². The largest absolute Gasteiger partial charge is 0.504 e. The third-order valence-corrected chi connectivity index (χ3v) is 2.26. The van der Waals surface area contributed by atoms with Gasteiger partial charge in [0, 0.05) is 11.6 Å². The second kappa shape index (κ2) is 4.86. The summed E-state index contributed by atoms with van der Waals surface area (Å²) >= 11 is 0. The van der Waals surface area contributed by atoms with Crippen LogP contribution < -0.4 is 4.74 Å². The average Bonchev–Trinajstić information content (AvgIpc) is 2.30. The lowest BCUT2D eigenvalue weighted by atomic mass is 10.2. The summed E-state index contributed by atoms with van der Waals surface area (Å²) in [4.78, 5) is 0. The Morgan fingerprint density at radius 2 is 1.59 bits per heavy atom. The average molecular weight is 232 g/mol. The number of aromatic hydroxyl groups is 1. The fourth-order valence-electron chi connectivity index (χ4n) is 1.33. The Bertz CT molecular complexity index is 485. The maximum atomic E-state index is 8.84. The molecule has 0 atom stereocenters. The number of aliphatic hydroxyl groups excluding tert-OH is 1. The second-order valence-electron chi connectivity index (χ2n) is 3.52. The van der Waals surface area contributed by atoms with Gasteiger partial charge in [0.1, 0.15) is 5.75 Å². The molecule has 4 rings (SSSR count).